The third-order valence-corrected chi connectivity index (χ3v) is 5.51. The second-order valence-corrected chi connectivity index (χ2v) is 7.12. The summed E-state index contributed by atoms with van der Waals surface area (Å²) in [5, 5.41) is 1.58. The van der Waals surface area contributed by atoms with E-state index in [0.29, 0.717) is 11.5 Å². The topological polar surface area (TPSA) is 76.6 Å². The third kappa shape index (κ3) is 4.88. The van der Waals surface area contributed by atoms with E-state index in [4.69, 9.17) is 4.84 Å². The minimum Gasteiger partial charge on any atom is -0.330 e. The van der Waals surface area contributed by atoms with Crippen molar-refractivity contribution >= 4 is 39.4 Å². The van der Waals surface area contributed by atoms with Gasteiger partial charge in [-0.3, -0.25) is 9.59 Å². The number of pyridine rings is 1. The molecular formula is C14H14N2O4S2. The summed E-state index contributed by atoms with van der Waals surface area (Å²) < 4.78 is 0. The molecule has 22 heavy (non-hydrogen) atoms. The molecule has 0 radical (unpaired) electrons. The molecule has 2 heterocycles. The van der Waals surface area contributed by atoms with E-state index in [9.17, 15) is 14.4 Å². The number of amides is 2. The Morgan fingerprint density at radius 2 is 2.05 bits per heavy atom. The lowest BCUT2D eigenvalue weighted by Crippen LogP contribution is -2.32. The molecular weight excluding hydrogens is 324 g/mol. The van der Waals surface area contributed by atoms with Crippen LogP contribution in [-0.4, -0.2) is 33.1 Å². The quantitative estimate of drug-likeness (QED) is 0.558. The van der Waals surface area contributed by atoms with Crippen LogP contribution in [0.4, 0.5) is 0 Å². The van der Waals surface area contributed by atoms with E-state index in [1.807, 2.05) is 25.1 Å². The Balaban J connectivity index is 1.67. The van der Waals surface area contributed by atoms with Crippen molar-refractivity contribution < 1.29 is 19.2 Å². The summed E-state index contributed by atoms with van der Waals surface area (Å²) in [4.78, 5) is 43.1. The maximum Gasteiger partial charge on any atom is 0.333 e. The number of imide groups is 1. The second kappa shape index (κ2) is 8.00. The SMILES string of the molecule is CC(CCC(=O)ON1C(=O)C=CC1=O)SSc1ccccn1. The first-order valence-electron chi connectivity index (χ1n) is 6.57. The Labute approximate surface area is 135 Å². The van der Waals surface area contributed by atoms with Gasteiger partial charge in [-0.25, -0.2) is 9.78 Å². The minimum absolute atomic E-state index is 0.133. The molecule has 0 spiro atoms. The van der Waals surface area contributed by atoms with Crippen molar-refractivity contribution in [1.29, 1.82) is 0 Å². The van der Waals surface area contributed by atoms with Crippen LogP contribution in [0.1, 0.15) is 19.8 Å². The lowest BCUT2D eigenvalue weighted by Gasteiger charge is -2.13. The van der Waals surface area contributed by atoms with Crippen molar-refractivity contribution in [2.24, 2.45) is 0 Å². The Morgan fingerprint density at radius 1 is 1.32 bits per heavy atom. The molecule has 1 aliphatic heterocycles. The molecule has 0 aromatic carbocycles. The predicted octanol–water partition coefficient (Wildman–Crippen LogP) is 2.37. The summed E-state index contributed by atoms with van der Waals surface area (Å²) in [6.07, 6.45) is 4.57. The first kappa shape index (κ1) is 16.6. The van der Waals surface area contributed by atoms with Crippen LogP contribution in [0, 0.1) is 0 Å². The molecule has 2 rings (SSSR count). The number of hydroxylamine groups is 2. The van der Waals surface area contributed by atoms with Crippen molar-refractivity contribution in [1.82, 2.24) is 10.0 Å². The zero-order valence-electron chi connectivity index (χ0n) is 11.8. The second-order valence-electron chi connectivity index (χ2n) is 4.46. The Morgan fingerprint density at radius 3 is 2.68 bits per heavy atom. The van der Waals surface area contributed by atoms with Crippen LogP contribution in [-0.2, 0) is 19.2 Å². The predicted molar refractivity (Wildman–Crippen MR) is 83.5 cm³/mol. The van der Waals surface area contributed by atoms with Crippen LogP contribution in [0.25, 0.3) is 0 Å². The fraction of sp³-hybridized carbons (Fsp3) is 0.286. The van der Waals surface area contributed by atoms with Gasteiger partial charge in [-0.15, -0.1) is 0 Å². The first-order valence-corrected chi connectivity index (χ1v) is 8.79. The molecule has 6 nitrogen and oxygen atoms in total. The van der Waals surface area contributed by atoms with E-state index in [1.54, 1.807) is 17.0 Å². The van der Waals surface area contributed by atoms with E-state index in [2.05, 4.69) is 4.98 Å². The Bertz CT molecular complexity index is 574. The minimum atomic E-state index is -0.633. The van der Waals surface area contributed by atoms with Crippen LogP contribution < -0.4 is 0 Å². The monoisotopic (exact) mass is 338 g/mol. The highest BCUT2D eigenvalue weighted by Gasteiger charge is 2.27. The van der Waals surface area contributed by atoms with E-state index in [0.717, 1.165) is 17.2 Å². The summed E-state index contributed by atoms with van der Waals surface area (Å²) in [5.74, 6) is -1.86. The van der Waals surface area contributed by atoms with Crippen molar-refractivity contribution in [2.75, 3.05) is 0 Å². The number of hydrogen-bond donors (Lipinski definition) is 0. The van der Waals surface area contributed by atoms with Crippen LogP contribution in [0.15, 0.2) is 41.6 Å². The van der Waals surface area contributed by atoms with Gasteiger partial charge in [0.25, 0.3) is 11.8 Å². The zero-order chi connectivity index (χ0) is 15.9. The van der Waals surface area contributed by atoms with Gasteiger partial charge in [-0.1, -0.05) is 28.8 Å². The highest BCUT2D eigenvalue weighted by atomic mass is 33.1. The normalized spacial score (nSPS) is 15.2. The van der Waals surface area contributed by atoms with E-state index < -0.39 is 17.8 Å². The molecule has 1 aliphatic rings. The fourth-order valence-corrected chi connectivity index (χ4v) is 3.61. The molecule has 0 aliphatic carbocycles. The molecule has 0 N–H and O–H groups in total. The molecule has 116 valence electrons. The molecule has 1 aromatic heterocycles. The fourth-order valence-electron chi connectivity index (χ4n) is 1.52. The lowest BCUT2D eigenvalue weighted by molar-refractivity contribution is -0.196. The summed E-state index contributed by atoms with van der Waals surface area (Å²) >= 11 is 0. The molecule has 0 bridgehead atoms. The molecule has 1 aromatic rings. The molecule has 8 heteroatoms. The van der Waals surface area contributed by atoms with Gasteiger partial charge in [0.15, 0.2) is 0 Å². The smallest absolute Gasteiger partial charge is 0.330 e. The molecule has 1 unspecified atom stereocenters. The number of aromatic nitrogens is 1. The van der Waals surface area contributed by atoms with E-state index >= 15 is 0 Å². The zero-order valence-corrected chi connectivity index (χ0v) is 13.4. The number of rotatable bonds is 7. The largest absolute Gasteiger partial charge is 0.333 e. The van der Waals surface area contributed by atoms with Gasteiger partial charge in [0.1, 0.15) is 5.03 Å². The highest BCUT2D eigenvalue weighted by Crippen LogP contribution is 2.34. The van der Waals surface area contributed by atoms with Crippen LogP contribution in [0.3, 0.4) is 0 Å². The lowest BCUT2D eigenvalue weighted by atomic mass is 10.2. The van der Waals surface area contributed by atoms with Gasteiger partial charge in [0.05, 0.1) is 0 Å². The summed E-state index contributed by atoms with van der Waals surface area (Å²) in [7, 11) is 3.14. The summed E-state index contributed by atoms with van der Waals surface area (Å²) in [6.45, 7) is 1.99. The molecule has 0 saturated carbocycles. The van der Waals surface area contributed by atoms with Gasteiger partial charge >= 0.3 is 5.97 Å². The Hall–Kier alpha value is -1.80. The molecule has 0 fully saturated rings. The number of hydrogen-bond acceptors (Lipinski definition) is 7. The maximum atomic E-state index is 11.6. The molecule has 1 atom stereocenters. The number of carbonyl (C=O) groups excluding carboxylic acids is 3. The van der Waals surface area contributed by atoms with Gasteiger partial charge in [-0.05, 0) is 29.3 Å². The van der Waals surface area contributed by atoms with Crippen molar-refractivity contribution in [2.45, 2.75) is 30.0 Å². The van der Waals surface area contributed by atoms with Crippen molar-refractivity contribution in [3.05, 3.63) is 36.5 Å². The van der Waals surface area contributed by atoms with Gasteiger partial charge < -0.3 is 4.84 Å². The van der Waals surface area contributed by atoms with Gasteiger partial charge in [0, 0.05) is 30.0 Å². The van der Waals surface area contributed by atoms with E-state index in [1.165, 1.54) is 10.8 Å². The van der Waals surface area contributed by atoms with Crippen LogP contribution in [0.5, 0.6) is 0 Å². The van der Waals surface area contributed by atoms with E-state index in [-0.39, 0.29) is 11.7 Å². The standard InChI is InChI=1S/C14H14N2O4S2/c1-10(21-22-11-4-2-3-9-15-11)5-8-14(19)20-16-12(17)6-7-13(16)18/h2-4,6-7,9-10H,5,8H2,1H3. The number of nitrogens with zero attached hydrogens (tertiary/aromatic N) is 2. The first-order chi connectivity index (χ1) is 10.6. The van der Waals surface area contributed by atoms with Crippen molar-refractivity contribution in [3.8, 4) is 0 Å². The maximum absolute atomic E-state index is 11.6. The third-order valence-electron chi connectivity index (χ3n) is 2.65. The highest BCUT2D eigenvalue weighted by molar-refractivity contribution is 8.76. The van der Waals surface area contributed by atoms with Gasteiger partial charge in [-0.2, -0.15) is 0 Å². The average Bonchev–Trinajstić information content (AvgIpc) is 2.84. The van der Waals surface area contributed by atoms with Gasteiger partial charge in [0.2, 0.25) is 0 Å². The average molecular weight is 338 g/mol. The number of carbonyl (C=O) groups is 3. The summed E-state index contributed by atoms with van der Waals surface area (Å²) in [5.41, 5.74) is 0. The van der Waals surface area contributed by atoms with Crippen LogP contribution in [0.2, 0.25) is 0 Å². The Kier molecular flexibility index (Phi) is 6.02. The van der Waals surface area contributed by atoms with Crippen LogP contribution >= 0.6 is 21.6 Å². The summed E-state index contributed by atoms with van der Waals surface area (Å²) in [6, 6.07) is 5.68. The molecule has 0 saturated heterocycles. The van der Waals surface area contributed by atoms with Crippen molar-refractivity contribution in [3.63, 3.8) is 0 Å². The molecule has 2 amide bonds.